The summed E-state index contributed by atoms with van der Waals surface area (Å²) in [7, 11) is 0. The molecule has 0 atom stereocenters. The molecule has 0 aliphatic carbocycles. The molecule has 7 heteroatoms. The maximum atomic E-state index is 11.9. The average Bonchev–Trinajstić information content (AvgIpc) is 3.15. The molecule has 4 rings (SSSR count). The molecular weight excluding hydrogens is 286 g/mol. The number of carbonyl (C=O) groups excluding carboxylic acids is 1. The highest BCUT2D eigenvalue weighted by atomic mass is 32.2. The Hall–Kier alpha value is -2.15. The molecule has 1 aromatic carbocycles. The zero-order valence-corrected chi connectivity index (χ0v) is 12.1. The van der Waals surface area contributed by atoms with Gasteiger partial charge in [0.05, 0.1) is 5.71 Å². The van der Waals surface area contributed by atoms with Crippen molar-refractivity contribution in [3.05, 3.63) is 36.2 Å². The first-order valence-corrected chi connectivity index (χ1v) is 7.81. The maximum absolute atomic E-state index is 11.9. The van der Waals surface area contributed by atoms with E-state index in [1.54, 1.807) is 22.8 Å². The summed E-state index contributed by atoms with van der Waals surface area (Å²) in [5.41, 5.74) is 2.97. The van der Waals surface area contributed by atoms with E-state index in [0.717, 1.165) is 40.8 Å². The van der Waals surface area contributed by atoms with E-state index >= 15 is 0 Å². The average molecular weight is 299 g/mol. The van der Waals surface area contributed by atoms with Gasteiger partial charge in [-0.2, -0.15) is 9.78 Å². The van der Waals surface area contributed by atoms with E-state index in [9.17, 15) is 4.79 Å². The van der Waals surface area contributed by atoms with Crippen molar-refractivity contribution in [1.82, 2.24) is 14.9 Å². The molecule has 1 aromatic heterocycles. The summed E-state index contributed by atoms with van der Waals surface area (Å²) in [6.07, 6.45) is 3.18. The molecule has 1 fully saturated rings. The second-order valence-corrected chi connectivity index (χ2v) is 5.94. The number of anilines is 1. The molecule has 1 amide bonds. The van der Waals surface area contributed by atoms with Gasteiger partial charge in [0.2, 0.25) is 11.1 Å². The van der Waals surface area contributed by atoms with Crippen LogP contribution in [0.4, 0.5) is 5.69 Å². The van der Waals surface area contributed by atoms with E-state index in [1.807, 2.05) is 29.2 Å². The van der Waals surface area contributed by atoms with Gasteiger partial charge in [0, 0.05) is 30.0 Å². The number of nitrogens with zero attached hydrogens (tertiary/aromatic N) is 5. The lowest BCUT2D eigenvalue weighted by Crippen LogP contribution is -2.24. The lowest BCUT2D eigenvalue weighted by molar-refractivity contribution is -0.117. The van der Waals surface area contributed by atoms with Crippen LogP contribution in [0, 0.1) is 0 Å². The first-order chi connectivity index (χ1) is 10.3. The number of benzene rings is 1. The zero-order chi connectivity index (χ0) is 14.2. The predicted molar refractivity (Wildman–Crippen MR) is 80.7 cm³/mol. The first kappa shape index (κ1) is 12.6. The highest BCUT2D eigenvalue weighted by Gasteiger charge is 2.22. The molecule has 1 saturated heterocycles. The molecule has 2 aliphatic rings. The number of fused-ring (bicyclic) bond motifs is 1. The third-order valence-corrected chi connectivity index (χ3v) is 4.58. The number of amides is 1. The quantitative estimate of drug-likeness (QED) is 0.847. The van der Waals surface area contributed by atoms with Gasteiger partial charge >= 0.3 is 0 Å². The summed E-state index contributed by atoms with van der Waals surface area (Å²) in [6.45, 7) is 0.805. The lowest BCUT2D eigenvalue weighted by Gasteiger charge is -2.18. The van der Waals surface area contributed by atoms with Crippen LogP contribution in [-0.2, 0) is 4.79 Å². The van der Waals surface area contributed by atoms with Crippen LogP contribution in [0.2, 0.25) is 0 Å². The summed E-state index contributed by atoms with van der Waals surface area (Å²) in [5.74, 6) is 0.962. The number of rotatable bonds is 2. The Labute approximate surface area is 125 Å². The monoisotopic (exact) mass is 299 g/mol. The molecule has 0 spiro atoms. The lowest BCUT2D eigenvalue weighted by atomic mass is 10.1. The van der Waals surface area contributed by atoms with Crippen LogP contribution in [0.1, 0.15) is 18.4 Å². The van der Waals surface area contributed by atoms with E-state index in [4.69, 9.17) is 0 Å². The van der Waals surface area contributed by atoms with E-state index < -0.39 is 0 Å². The van der Waals surface area contributed by atoms with Crippen molar-refractivity contribution in [1.29, 1.82) is 0 Å². The fraction of sp³-hybridized carbons (Fsp3) is 0.286. The Balaban J connectivity index is 1.69. The minimum absolute atomic E-state index is 0.202. The third-order valence-electron chi connectivity index (χ3n) is 3.63. The fourth-order valence-corrected chi connectivity index (χ4v) is 3.41. The van der Waals surface area contributed by atoms with Crippen molar-refractivity contribution in [2.75, 3.05) is 17.2 Å². The second-order valence-electron chi connectivity index (χ2n) is 4.99. The van der Waals surface area contributed by atoms with E-state index in [1.165, 1.54) is 0 Å². The molecule has 0 N–H and O–H groups in total. The van der Waals surface area contributed by atoms with Gasteiger partial charge < -0.3 is 4.90 Å². The van der Waals surface area contributed by atoms with Crippen molar-refractivity contribution >= 4 is 29.1 Å². The summed E-state index contributed by atoms with van der Waals surface area (Å²) in [4.78, 5) is 13.7. The van der Waals surface area contributed by atoms with Crippen LogP contribution in [0.25, 0.3) is 0 Å². The summed E-state index contributed by atoms with van der Waals surface area (Å²) >= 11 is 1.61. The second kappa shape index (κ2) is 5.00. The minimum Gasteiger partial charge on any atom is -0.312 e. The standard InChI is InChI=1S/C14H13N5OS/c20-13-5-2-6-18(13)11-4-1-3-10(7-11)12-8-21-14-16-15-9-19(14)17-12/h1,3-4,7,9H,2,5-6,8H2. The topological polar surface area (TPSA) is 63.4 Å². The number of aromatic nitrogens is 3. The fourth-order valence-electron chi connectivity index (χ4n) is 2.59. The Kier molecular flexibility index (Phi) is 2.99. The first-order valence-electron chi connectivity index (χ1n) is 6.83. The maximum Gasteiger partial charge on any atom is 0.227 e. The third kappa shape index (κ3) is 2.23. The molecule has 0 unspecified atom stereocenters. The van der Waals surface area contributed by atoms with Gasteiger partial charge in [0.15, 0.2) is 0 Å². The van der Waals surface area contributed by atoms with Crippen LogP contribution >= 0.6 is 11.8 Å². The predicted octanol–water partition coefficient (Wildman–Crippen LogP) is 1.76. The van der Waals surface area contributed by atoms with Crippen LogP contribution in [0.3, 0.4) is 0 Å². The van der Waals surface area contributed by atoms with Crippen molar-refractivity contribution in [2.45, 2.75) is 18.0 Å². The summed E-state index contributed by atoms with van der Waals surface area (Å²) in [5, 5.41) is 13.2. The Morgan fingerprint density at radius 3 is 3.10 bits per heavy atom. The number of thioether (sulfide) groups is 1. The van der Waals surface area contributed by atoms with Gasteiger partial charge in [-0.05, 0) is 18.6 Å². The smallest absolute Gasteiger partial charge is 0.227 e. The molecule has 6 nitrogen and oxygen atoms in total. The molecule has 0 saturated carbocycles. The molecule has 21 heavy (non-hydrogen) atoms. The molecule has 0 radical (unpaired) electrons. The SMILES string of the molecule is O=C1CCCN1c1cccc(C2=Nn3cnnc3SC2)c1. The van der Waals surface area contributed by atoms with Crippen LogP contribution in [0.5, 0.6) is 0 Å². The van der Waals surface area contributed by atoms with Crippen molar-refractivity contribution in [3.8, 4) is 0 Å². The van der Waals surface area contributed by atoms with Gasteiger partial charge in [0.25, 0.3) is 0 Å². The highest BCUT2D eigenvalue weighted by molar-refractivity contribution is 7.99. The van der Waals surface area contributed by atoms with Gasteiger partial charge in [-0.3, -0.25) is 4.79 Å². The molecular formula is C14H13N5OS. The molecule has 106 valence electrons. The Bertz CT molecular complexity index is 738. The molecule has 0 bridgehead atoms. The van der Waals surface area contributed by atoms with E-state index in [0.29, 0.717) is 6.42 Å². The zero-order valence-electron chi connectivity index (χ0n) is 11.3. The van der Waals surface area contributed by atoms with Crippen molar-refractivity contribution in [2.24, 2.45) is 5.10 Å². The highest BCUT2D eigenvalue weighted by Crippen LogP contribution is 2.26. The number of hydrogen-bond donors (Lipinski definition) is 0. The van der Waals surface area contributed by atoms with Crippen molar-refractivity contribution in [3.63, 3.8) is 0 Å². The Morgan fingerprint density at radius 2 is 2.24 bits per heavy atom. The van der Waals surface area contributed by atoms with Gasteiger partial charge in [-0.15, -0.1) is 10.2 Å². The largest absolute Gasteiger partial charge is 0.312 e. The normalized spacial score (nSPS) is 17.8. The number of carbonyl (C=O) groups is 1. The van der Waals surface area contributed by atoms with Crippen molar-refractivity contribution < 1.29 is 4.79 Å². The van der Waals surface area contributed by atoms with E-state index in [2.05, 4.69) is 15.3 Å². The number of hydrogen-bond acceptors (Lipinski definition) is 5. The van der Waals surface area contributed by atoms with Crippen LogP contribution in [0.15, 0.2) is 40.9 Å². The summed E-state index contributed by atoms with van der Waals surface area (Å²) < 4.78 is 1.69. The van der Waals surface area contributed by atoms with Crippen LogP contribution < -0.4 is 4.90 Å². The molecule has 2 aliphatic heterocycles. The van der Waals surface area contributed by atoms with Gasteiger partial charge in [0.1, 0.15) is 6.33 Å². The Morgan fingerprint density at radius 1 is 1.29 bits per heavy atom. The van der Waals surface area contributed by atoms with Crippen LogP contribution in [-0.4, -0.2) is 38.8 Å². The van der Waals surface area contributed by atoms with Gasteiger partial charge in [-0.25, -0.2) is 0 Å². The minimum atomic E-state index is 0.202. The van der Waals surface area contributed by atoms with Gasteiger partial charge in [-0.1, -0.05) is 23.9 Å². The molecule has 3 heterocycles. The van der Waals surface area contributed by atoms with E-state index in [-0.39, 0.29) is 5.91 Å². The molecule has 2 aromatic rings. The summed E-state index contributed by atoms with van der Waals surface area (Å²) in [6, 6.07) is 8.02.